The Morgan fingerprint density at radius 1 is 0.857 bits per heavy atom. The summed E-state index contributed by atoms with van der Waals surface area (Å²) in [6.07, 6.45) is -10.1. The highest BCUT2D eigenvalue weighted by Crippen LogP contribution is 2.29. The molecule has 2 aliphatic heterocycles. The highest BCUT2D eigenvalue weighted by atomic mass is 32.1. The zero-order valence-corrected chi connectivity index (χ0v) is 20.6. The summed E-state index contributed by atoms with van der Waals surface area (Å²) >= 11 is 4.16. The van der Waals surface area contributed by atoms with Crippen molar-refractivity contribution < 1.29 is 59.1 Å². The van der Waals surface area contributed by atoms with E-state index in [4.69, 9.17) is 23.7 Å². The predicted molar refractivity (Wildman–Crippen MR) is 122 cm³/mol. The summed E-state index contributed by atoms with van der Waals surface area (Å²) < 4.78 is 28.0. The van der Waals surface area contributed by atoms with E-state index in [2.05, 4.69) is 17.9 Å². The number of aliphatic hydroxyl groups is 6. The Balaban J connectivity index is 2.08. The van der Waals surface area contributed by atoms with Gasteiger partial charge in [-0.15, -0.1) is 0 Å². The molecule has 0 spiro atoms. The Morgan fingerprint density at radius 2 is 1.51 bits per heavy atom. The SMILES string of the molecule is CC(=O)N[C@H]1C(O[C@@H]2OC(CO)[C@H](O)C(O)[C@@H]2O)[C@@H](O)C(CO)O[C@@H]1OCCOCCCCCS. The number of nitrogens with one attached hydrogen (secondary N) is 1. The summed E-state index contributed by atoms with van der Waals surface area (Å²) in [7, 11) is 0. The van der Waals surface area contributed by atoms with E-state index in [1.165, 1.54) is 6.92 Å². The molecule has 0 bridgehead atoms. The molecule has 2 saturated heterocycles. The fourth-order valence-corrected chi connectivity index (χ4v) is 4.14. The zero-order valence-electron chi connectivity index (χ0n) is 19.7. The van der Waals surface area contributed by atoms with E-state index in [0.717, 1.165) is 25.0 Å². The van der Waals surface area contributed by atoms with Gasteiger partial charge in [0.2, 0.25) is 5.91 Å². The molecule has 2 fully saturated rings. The number of hydrogen-bond donors (Lipinski definition) is 8. The molecule has 0 aromatic heterocycles. The largest absolute Gasteiger partial charge is 0.394 e. The van der Waals surface area contributed by atoms with Crippen LogP contribution < -0.4 is 5.32 Å². The van der Waals surface area contributed by atoms with Crippen LogP contribution in [-0.4, -0.2) is 137 Å². The van der Waals surface area contributed by atoms with Gasteiger partial charge in [0.05, 0.1) is 26.4 Å². The lowest BCUT2D eigenvalue weighted by Gasteiger charge is -2.47. The maximum atomic E-state index is 11.9. The number of carbonyl (C=O) groups excluding carboxylic acids is 1. The van der Waals surface area contributed by atoms with Gasteiger partial charge in [-0.2, -0.15) is 12.6 Å². The van der Waals surface area contributed by atoms with Gasteiger partial charge < -0.3 is 59.6 Å². The minimum absolute atomic E-state index is 0.0777. The molecular formula is C21H39NO12S. The summed E-state index contributed by atoms with van der Waals surface area (Å²) in [4.78, 5) is 11.9. The first-order chi connectivity index (χ1) is 16.7. The van der Waals surface area contributed by atoms with Crippen LogP contribution in [-0.2, 0) is 28.5 Å². The molecule has 35 heavy (non-hydrogen) atoms. The van der Waals surface area contributed by atoms with Crippen molar-refractivity contribution in [2.75, 3.05) is 38.8 Å². The number of carbonyl (C=O) groups is 1. The second-order valence-electron chi connectivity index (χ2n) is 8.51. The third kappa shape index (κ3) is 8.72. The molecule has 0 radical (unpaired) electrons. The van der Waals surface area contributed by atoms with Gasteiger partial charge in [-0.1, -0.05) is 6.42 Å². The molecule has 2 heterocycles. The Hall–Kier alpha value is -0.620. The number of hydrogen-bond acceptors (Lipinski definition) is 13. The second-order valence-corrected chi connectivity index (χ2v) is 8.96. The number of amides is 1. The van der Waals surface area contributed by atoms with Crippen LogP contribution in [0.2, 0.25) is 0 Å². The minimum Gasteiger partial charge on any atom is -0.394 e. The van der Waals surface area contributed by atoms with Gasteiger partial charge in [0.25, 0.3) is 0 Å². The molecule has 4 unspecified atom stereocenters. The van der Waals surface area contributed by atoms with E-state index >= 15 is 0 Å². The van der Waals surface area contributed by atoms with Crippen molar-refractivity contribution in [3.63, 3.8) is 0 Å². The van der Waals surface area contributed by atoms with Crippen LogP contribution in [0.1, 0.15) is 26.2 Å². The fourth-order valence-electron chi connectivity index (χ4n) is 3.91. The lowest BCUT2D eigenvalue weighted by Crippen LogP contribution is -2.68. The van der Waals surface area contributed by atoms with Gasteiger partial charge in [-0.05, 0) is 18.6 Å². The Labute approximate surface area is 209 Å². The Bertz CT molecular complexity index is 617. The quantitative estimate of drug-likeness (QED) is 0.0834. The molecule has 206 valence electrons. The van der Waals surface area contributed by atoms with Crippen molar-refractivity contribution in [1.82, 2.24) is 5.32 Å². The molecule has 0 aromatic rings. The highest BCUT2D eigenvalue weighted by molar-refractivity contribution is 7.80. The molecule has 10 atom stereocenters. The fraction of sp³-hybridized carbons (Fsp3) is 0.952. The van der Waals surface area contributed by atoms with Crippen molar-refractivity contribution in [2.24, 2.45) is 0 Å². The molecule has 2 rings (SSSR count). The third-order valence-corrected chi connectivity index (χ3v) is 6.14. The van der Waals surface area contributed by atoms with Crippen LogP contribution in [0, 0.1) is 0 Å². The molecule has 2 aliphatic rings. The van der Waals surface area contributed by atoms with E-state index < -0.39 is 80.5 Å². The van der Waals surface area contributed by atoms with Crippen LogP contribution in [0.4, 0.5) is 0 Å². The lowest BCUT2D eigenvalue weighted by molar-refractivity contribution is -0.345. The molecular weight excluding hydrogens is 490 g/mol. The Morgan fingerprint density at radius 3 is 2.14 bits per heavy atom. The third-order valence-electron chi connectivity index (χ3n) is 5.82. The van der Waals surface area contributed by atoms with Gasteiger partial charge in [0, 0.05) is 13.5 Å². The molecule has 0 aromatic carbocycles. The first kappa shape index (κ1) is 30.6. The van der Waals surface area contributed by atoms with E-state index in [1.807, 2.05) is 0 Å². The number of thiol groups is 1. The van der Waals surface area contributed by atoms with Gasteiger partial charge in [0.1, 0.15) is 48.8 Å². The molecule has 1 amide bonds. The van der Waals surface area contributed by atoms with Crippen LogP contribution in [0.3, 0.4) is 0 Å². The molecule has 0 aliphatic carbocycles. The number of rotatable bonds is 14. The van der Waals surface area contributed by atoms with Crippen LogP contribution >= 0.6 is 12.6 Å². The van der Waals surface area contributed by atoms with E-state index in [-0.39, 0.29) is 13.2 Å². The zero-order chi connectivity index (χ0) is 26.0. The molecule has 14 heteroatoms. The van der Waals surface area contributed by atoms with Gasteiger partial charge in [-0.3, -0.25) is 4.79 Å². The molecule has 0 saturated carbocycles. The van der Waals surface area contributed by atoms with Crippen LogP contribution in [0.25, 0.3) is 0 Å². The van der Waals surface area contributed by atoms with Crippen LogP contribution in [0.5, 0.6) is 0 Å². The number of ether oxygens (including phenoxy) is 5. The average molecular weight is 530 g/mol. The normalized spacial score (nSPS) is 37.8. The first-order valence-corrected chi connectivity index (χ1v) is 12.4. The lowest BCUT2D eigenvalue weighted by atomic mass is 9.95. The molecule has 7 N–H and O–H groups in total. The van der Waals surface area contributed by atoms with Gasteiger partial charge >= 0.3 is 0 Å². The topological polar surface area (TPSA) is 197 Å². The summed E-state index contributed by atoms with van der Waals surface area (Å²) in [6.45, 7) is 0.811. The predicted octanol–water partition coefficient (Wildman–Crippen LogP) is -3.11. The molecule has 13 nitrogen and oxygen atoms in total. The van der Waals surface area contributed by atoms with Crippen LogP contribution in [0.15, 0.2) is 0 Å². The van der Waals surface area contributed by atoms with Crippen molar-refractivity contribution >= 4 is 18.5 Å². The van der Waals surface area contributed by atoms with Crippen molar-refractivity contribution in [1.29, 1.82) is 0 Å². The van der Waals surface area contributed by atoms with E-state index in [0.29, 0.717) is 6.61 Å². The van der Waals surface area contributed by atoms with E-state index in [1.54, 1.807) is 0 Å². The van der Waals surface area contributed by atoms with Crippen molar-refractivity contribution in [3.05, 3.63) is 0 Å². The second kappa shape index (κ2) is 15.6. The minimum atomic E-state index is -1.73. The monoisotopic (exact) mass is 529 g/mol. The first-order valence-electron chi connectivity index (χ1n) is 11.7. The summed E-state index contributed by atoms with van der Waals surface area (Å²) in [5, 5.41) is 62.8. The average Bonchev–Trinajstić information content (AvgIpc) is 2.83. The van der Waals surface area contributed by atoms with Gasteiger partial charge in [-0.25, -0.2) is 0 Å². The maximum Gasteiger partial charge on any atom is 0.217 e. The summed E-state index contributed by atoms with van der Waals surface area (Å²) in [5.41, 5.74) is 0. The Kier molecular flexibility index (Phi) is 13.6. The number of aliphatic hydroxyl groups excluding tert-OH is 6. The smallest absolute Gasteiger partial charge is 0.217 e. The van der Waals surface area contributed by atoms with Gasteiger partial charge in [0.15, 0.2) is 12.6 Å². The van der Waals surface area contributed by atoms with E-state index in [9.17, 15) is 35.4 Å². The standard InChI is InChI=1S/C21H39NO12S/c1-11(25)22-14-19(34-21-18(29)17(28)15(26)12(9-23)33-21)16(27)13(10-24)32-20(14)31-7-6-30-5-3-2-4-8-35/h12-21,23-24,26-29,35H,2-10H2,1H3,(H,22,25)/t12?,13?,14-,15-,16-,17?,18-,19?,20-,21-/m0/s1. The maximum absolute atomic E-state index is 11.9. The van der Waals surface area contributed by atoms with Crippen molar-refractivity contribution in [3.8, 4) is 0 Å². The summed E-state index contributed by atoms with van der Waals surface area (Å²) in [5.74, 6) is 0.321. The van der Waals surface area contributed by atoms with Crippen molar-refractivity contribution in [2.45, 2.75) is 87.5 Å². The number of unbranched alkanes of at least 4 members (excludes halogenated alkanes) is 2. The highest BCUT2D eigenvalue weighted by Gasteiger charge is 2.51. The summed E-state index contributed by atoms with van der Waals surface area (Å²) in [6, 6.07) is -1.10.